The van der Waals surface area contributed by atoms with Crippen LogP contribution >= 0.6 is 0 Å². The smallest absolute Gasteiger partial charge is 0.309 e. The number of cyclic esters (lactones) is 1. The first-order valence-electron chi connectivity index (χ1n) is 4.56. The Morgan fingerprint density at radius 3 is 2.80 bits per heavy atom. The molecule has 1 heterocycles. The third-order valence-electron chi connectivity index (χ3n) is 1.95. The molecule has 0 aliphatic carbocycles. The van der Waals surface area contributed by atoms with Gasteiger partial charge in [-0.25, -0.2) is 0 Å². The van der Waals surface area contributed by atoms with Crippen molar-refractivity contribution in [3.05, 3.63) is 0 Å². The zero-order valence-corrected chi connectivity index (χ0v) is 8.26. The molecule has 0 aromatic heterocycles. The van der Waals surface area contributed by atoms with Crippen molar-refractivity contribution in [2.24, 2.45) is 0 Å². The minimum atomic E-state index is -1.05. The number of carbonyl (C=O) groups excluding carboxylic acids is 2. The molecule has 1 saturated heterocycles. The van der Waals surface area contributed by atoms with E-state index in [1.165, 1.54) is 6.92 Å². The number of carbonyl (C=O) groups is 3. The van der Waals surface area contributed by atoms with Gasteiger partial charge in [0, 0.05) is 13.3 Å². The van der Waals surface area contributed by atoms with E-state index in [1.54, 1.807) is 0 Å². The number of carboxylic acids is 1. The fourth-order valence-electron chi connectivity index (χ4n) is 1.49. The predicted molar refractivity (Wildman–Crippen MR) is 46.9 cm³/mol. The van der Waals surface area contributed by atoms with E-state index in [4.69, 9.17) is 14.6 Å². The summed E-state index contributed by atoms with van der Waals surface area (Å²) in [7, 11) is 0. The molecule has 0 spiro atoms. The molecular weight excluding hydrogens is 204 g/mol. The zero-order valence-electron chi connectivity index (χ0n) is 8.26. The zero-order chi connectivity index (χ0) is 11.4. The summed E-state index contributed by atoms with van der Waals surface area (Å²) in [5, 5.41) is 8.52. The molecule has 0 amide bonds. The van der Waals surface area contributed by atoms with Gasteiger partial charge in [0.05, 0.1) is 12.8 Å². The second kappa shape index (κ2) is 4.77. The first-order chi connectivity index (χ1) is 6.97. The Labute approximate surface area is 86.2 Å². The van der Waals surface area contributed by atoms with Crippen LogP contribution in [0.2, 0.25) is 0 Å². The number of carboxylic acid groups (broad SMARTS) is 1. The van der Waals surface area contributed by atoms with Crippen LogP contribution in [0.5, 0.6) is 0 Å². The SMILES string of the molecule is CC(=O)O[C@H]1CC(=O)O[C@H](CC(=O)O)C1. The minimum Gasteiger partial charge on any atom is -0.481 e. The highest BCUT2D eigenvalue weighted by molar-refractivity contribution is 5.74. The van der Waals surface area contributed by atoms with Gasteiger partial charge in [-0.2, -0.15) is 0 Å². The van der Waals surface area contributed by atoms with Gasteiger partial charge in [0.25, 0.3) is 0 Å². The Balaban J connectivity index is 2.51. The first kappa shape index (κ1) is 11.5. The molecule has 0 radical (unpaired) electrons. The highest BCUT2D eigenvalue weighted by Gasteiger charge is 2.31. The number of esters is 2. The van der Waals surface area contributed by atoms with Crippen molar-refractivity contribution in [2.45, 2.75) is 38.4 Å². The highest BCUT2D eigenvalue weighted by atomic mass is 16.6. The monoisotopic (exact) mass is 216 g/mol. The maximum Gasteiger partial charge on any atom is 0.309 e. The summed E-state index contributed by atoms with van der Waals surface area (Å²) in [6.45, 7) is 1.24. The number of hydrogen-bond donors (Lipinski definition) is 1. The van der Waals surface area contributed by atoms with E-state index in [-0.39, 0.29) is 19.3 Å². The normalized spacial score (nSPS) is 25.5. The molecule has 1 N–H and O–H groups in total. The maximum absolute atomic E-state index is 11.0. The largest absolute Gasteiger partial charge is 0.481 e. The van der Waals surface area contributed by atoms with Crippen LogP contribution in [0.1, 0.15) is 26.2 Å². The van der Waals surface area contributed by atoms with E-state index in [0.717, 1.165) is 0 Å². The molecule has 0 saturated carbocycles. The van der Waals surface area contributed by atoms with Crippen molar-refractivity contribution in [1.82, 2.24) is 0 Å². The van der Waals surface area contributed by atoms with Gasteiger partial charge in [-0.05, 0) is 0 Å². The lowest BCUT2D eigenvalue weighted by Crippen LogP contribution is -2.36. The van der Waals surface area contributed by atoms with E-state index in [2.05, 4.69) is 0 Å². The van der Waals surface area contributed by atoms with Crippen molar-refractivity contribution in [2.75, 3.05) is 0 Å². The van der Waals surface area contributed by atoms with Gasteiger partial charge in [-0.1, -0.05) is 0 Å². The van der Waals surface area contributed by atoms with Gasteiger partial charge < -0.3 is 14.6 Å². The van der Waals surface area contributed by atoms with E-state index in [1.807, 2.05) is 0 Å². The van der Waals surface area contributed by atoms with Crippen LogP contribution in [-0.2, 0) is 23.9 Å². The van der Waals surface area contributed by atoms with Crippen molar-refractivity contribution in [3.8, 4) is 0 Å². The number of ether oxygens (including phenoxy) is 2. The van der Waals surface area contributed by atoms with E-state index in [9.17, 15) is 14.4 Å². The standard InChI is InChI=1S/C9H12O6/c1-5(10)14-7-2-6(3-8(11)12)15-9(13)4-7/h6-7H,2-4H2,1H3,(H,11,12)/t6-,7+/m0/s1. The van der Waals surface area contributed by atoms with Crippen LogP contribution in [0.4, 0.5) is 0 Å². The molecular formula is C9H12O6. The van der Waals surface area contributed by atoms with Gasteiger partial charge in [0.1, 0.15) is 12.2 Å². The topological polar surface area (TPSA) is 89.9 Å². The molecule has 0 unspecified atom stereocenters. The maximum atomic E-state index is 11.0. The summed E-state index contributed by atoms with van der Waals surface area (Å²) in [6.07, 6.45) is -1.28. The third-order valence-corrected chi connectivity index (χ3v) is 1.95. The molecule has 84 valence electrons. The van der Waals surface area contributed by atoms with Crippen LogP contribution in [0.25, 0.3) is 0 Å². The van der Waals surface area contributed by atoms with E-state index >= 15 is 0 Å². The Bertz CT molecular complexity index is 254. The molecule has 1 rings (SSSR count). The summed E-state index contributed by atoms with van der Waals surface area (Å²) in [4.78, 5) is 32.1. The molecule has 15 heavy (non-hydrogen) atoms. The van der Waals surface area contributed by atoms with Crippen molar-refractivity contribution < 1.29 is 29.0 Å². The van der Waals surface area contributed by atoms with Crippen molar-refractivity contribution >= 4 is 17.9 Å². The van der Waals surface area contributed by atoms with Gasteiger partial charge >= 0.3 is 17.9 Å². The molecule has 1 aliphatic heterocycles. The molecule has 6 heteroatoms. The average molecular weight is 216 g/mol. The predicted octanol–water partition coefficient (Wildman–Crippen LogP) is 0.0984. The van der Waals surface area contributed by atoms with Crippen LogP contribution in [0.3, 0.4) is 0 Å². The third kappa shape index (κ3) is 3.97. The lowest BCUT2D eigenvalue weighted by Gasteiger charge is -2.27. The van der Waals surface area contributed by atoms with Crippen molar-refractivity contribution in [1.29, 1.82) is 0 Å². The lowest BCUT2D eigenvalue weighted by atomic mass is 10.0. The summed E-state index contributed by atoms with van der Waals surface area (Å²) in [6, 6.07) is 0. The second-order valence-corrected chi connectivity index (χ2v) is 3.38. The lowest BCUT2D eigenvalue weighted by molar-refractivity contribution is -0.169. The Hall–Kier alpha value is -1.59. The fraction of sp³-hybridized carbons (Fsp3) is 0.667. The van der Waals surface area contributed by atoms with Gasteiger partial charge in [-0.3, -0.25) is 14.4 Å². The fourth-order valence-corrected chi connectivity index (χ4v) is 1.49. The molecule has 2 atom stereocenters. The molecule has 0 aromatic carbocycles. The van der Waals surface area contributed by atoms with Crippen LogP contribution in [-0.4, -0.2) is 35.2 Å². The summed E-state index contributed by atoms with van der Waals surface area (Å²) in [5.41, 5.74) is 0. The second-order valence-electron chi connectivity index (χ2n) is 3.38. The first-order valence-corrected chi connectivity index (χ1v) is 4.56. The molecule has 1 fully saturated rings. The number of hydrogen-bond acceptors (Lipinski definition) is 5. The Kier molecular flexibility index (Phi) is 3.65. The average Bonchev–Trinajstić information content (AvgIpc) is 1.98. The summed E-state index contributed by atoms with van der Waals surface area (Å²) < 4.78 is 9.64. The molecule has 6 nitrogen and oxygen atoms in total. The summed E-state index contributed by atoms with van der Waals surface area (Å²) >= 11 is 0. The van der Waals surface area contributed by atoms with Gasteiger partial charge in [-0.15, -0.1) is 0 Å². The van der Waals surface area contributed by atoms with E-state index < -0.39 is 30.1 Å². The quantitative estimate of drug-likeness (QED) is 0.673. The number of rotatable bonds is 3. The Morgan fingerprint density at radius 1 is 1.60 bits per heavy atom. The van der Waals surface area contributed by atoms with E-state index in [0.29, 0.717) is 0 Å². The van der Waals surface area contributed by atoms with Crippen LogP contribution in [0, 0.1) is 0 Å². The van der Waals surface area contributed by atoms with Crippen LogP contribution in [0.15, 0.2) is 0 Å². The van der Waals surface area contributed by atoms with Gasteiger partial charge in [0.15, 0.2) is 0 Å². The number of aliphatic carboxylic acids is 1. The summed E-state index contributed by atoms with van der Waals surface area (Å²) in [5.74, 6) is -2.06. The highest BCUT2D eigenvalue weighted by Crippen LogP contribution is 2.20. The molecule has 1 aliphatic rings. The minimum absolute atomic E-state index is 0.00427. The molecule has 0 bridgehead atoms. The van der Waals surface area contributed by atoms with Crippen LogP contribution < -0.4 is 0 Å². The Morgan fingerprint density at radius 2 is 2.27 bits per heavy atom. The van der Waals surface area contributed by atoms with Crippen molar-refractivity contribution in [3.63, 3.8) is 0 Å². The van der Waals surface area contributed by atoms with Gasteiger partial charge in [0.2, 0.25) is 0 Å². The molecule has 0 aromatic rings.